The normalized spacial score (nSPS) is 15.0. The molecule has 1 aromatic heterocycles. The minimum atomic E-state index is -3.44. The van der Waals surface area contributed by atoms with E-state index in [1.165, 1.54) is 0 Å². The second kappa shape index (κ2) is 11.4. The van der Waals surface area contributed by atoms with E-state index in [1.807, 2.05) is 35.2 Å². The van der Waals surface area contributed by atoms with E-state index >= 15 is 0 Å². The van der Waals surface area contributed by atoms with Gasteiger partial charge in [0.2, 0.25) is 15.9 Å². The average molecular weight is 561 g/mol. The van der Waals surface area contributed by atoms with Gasteiger partial charge in [0, 0.05) is 46.5 Å². The van der Waals surface area contributed by atoms with Gasteiger partial charge in [0.25, 0.3) is 0 Å². The van der Waals surface area contributed by atoms with Crippen LogP contribution >= 0.6 is 24.0 Å². The van der Waals surface area contributed by atoms with Crippen LogP contribution in [0.2, 0.25) is 0 Å². The average Bonchev–Trinajstić information content (AvgIpc) is 3.16. The summed E-state index contributed by atoms with van der Waals surface area (Å²) in [5, 5.41) is 7.15. The number of halogens is 1. The van der Waals surface area contributed by atoms with Gasteiger partial charge in [-0.3, -0.25) is 14.5 Å². The van der Waals surface area contributed by atoms with Crippen LogP contribution in [-0.2, 0) is 28.4 Å². The van der Waals surface area contributed by atoms with E-state index in [2.05, 4.69) is 20.1 Å². The molecule has 31 heavy (non-hydrogen) atoms. The molecule has 12 heteroatoms. The molecule has 0 spiro atoms. The SMILES string of the molecule is CN=C(NCCS(=O)(=O)NCc1ccccc1)N1CCN(c2cnn(C)c2)C(=O)C1.I. The zero-order chi connectivity index (χ0) is 21.6. The van der Waals surface area contributed by atoms with Gasteiger partial charge in [0.05, 0.1) is 17.6 Å². The number of carbonyl (C=O) groups is 1. The van der Waals surface area contributed by atoms with E-state index in [0.717, 1.165) is 11.3 Å². The van der Waals surface area contributed by atoms with Crippen molar-refractivity contribution in [3.05, 3.63) is 48.3 Å². The van der Waals surface area contributed by atoms with Crippen molar-refractivity contribution in [1.29, 1.82) is 0 Å². The number of aromatic nitrogens is 2. The molecular formula is C19H28IN7O3S. The van der Waals surface area contributed by atoms with Gasteiger partial charge >= 0.3 is 0 Å². The molecule has 1 amide bonds. The maximum atomic E-state index is 12.5. The molecule has 2 aromatic rings. The van der Waals surface area contributed by atoms with Crippen molar-refractivity contribution in [2.75, 3.05) is 43.9 Å². The third-order valence-corrected chi connectivity index (χ3v) is 6.05. The number of anilines is 1. The van der Waals surface area contributed by atoms with Gasteiger partial charge in [-0.1, -0.05) is 30.3 Å². The molecule has 1 aliphatic heterocycles. The summed E-state index contributed by atoms with van der Waals surface area (Å²) in [5.74, 6) is 0.351. The first-order valence-electron chi connectivity index (χ1n) is 9.64. The molecule has 1 aliphatic rings. The quantitative estimate of drug-likeness (QED) is 0.288. The Bertz CT molecular complexity index is 995. The highest BCUT2D eigenvalue weighted by molar-refractivity contribution is 14.0. The lowest BCUT2D eigenvalue weighted by molar-refractivity contribution is -0.120. The first kappa shape index (κ1) is 25.1. The molecule has 0 bridgehead atoms. The Labute approximate surface area is 199 Å². The van der Waals surface area contributed by atoms with Crippen LogP contribution in [0.5, 0.6) is 0 Å². The summed E-state index contributed by atoms with van der Waals surface area (Å²) in [5.41, 5.74) is 1.66. The number of sulfonamides is 1. The summed E-state index contributed by atoms with van der Waals surface area (Å²) >= 11 is 0. The van der Waals surface area contributed by atoms with Crippen LogP contribution in [0.4, 0.5) is 5.69 Å². The van der Waals surface area contributed by atoms with E-state index in [9.17, 15) is 13.2 Å². The van der Waals surface area contributed by atoms with E-state index in [-0.39, 0.29) is 55.3 Å². The lowest BCUT2D eigenvalue weighted by Crippen LogP contribution is -2.55. The summed E-state index contributed by atoms with van der Waals surface area (Å²) in [6, 6.07) is 9.35. The first-order valence-corrected chi connectivity index (χ1v) is 11.3. The Morgan fingerprint density at radius 1 is 1.23 bits per heavy atom. The van der Waals surface area contributed by atoms with E-state index in [0.29, 0.717) is 19.0 Å². The Kier molecular flexibility index (Phi) is 9.25. The third-order valence-electron chi connectivity index (χ3n) is 4.73. The largest absolute Gasteiger partial charge is 0.355 e. The van der Waals surface area contributed by atoms with Crippen molar-refractivity contribution < 1.29 is 13.2 Å². The fourth-order valence-corrected chi connectivity index (χ4v) is 4.07. The number of hydrogen-bond donors (Lipinski definition) is 2. The minimum absolute atomic E-state index is 0. The predicted molar refractivity (Wildman–Crippen MR) is 131 cm³/mol. The maximum Gasteiger partial charge on any atom is 0.246 e. The zero-order valence-corrected chi connectivity index (χ0v) is 20.7. The summed E-state index contributed by atoms with van der Waals surface area (Å²) in [6.07, 6.45) is 3.46. The van der Waals surface area contributed by atoms with Crippen molar-refractivity contribution in [2.24, 2.45) is 12.0 Å². The predicted octanol–water partition coefficient (Wildman–Crippen LogP) is 0.382. The molecule has 0 atom stereocenters. The number of guanidine groups is 1. The standard InChI is InChI=1S/C19H27N7O3S.HI/c1-20-19(21-8-11-30(28,29)23-12-16-6-4-3-5-7-16)25-9-10-26(18(27)15-25)17-13-22-24(2)14-17;/h3-7,13-14,23H,8-12,15H2,1-2H3,(H,20,21);1H. The van der Waals surface area contributed by atoms with Gasteiger partial charge in [-0.15, -0.1) is 24.0 Å². The zero-order valence-electron chi connectivity index (χ0n) is 17.6. The van der Waals surface area contributed by atoms with E-state index < -0.39 is 10.0 Å². The van der Waals surface area contributed by atoms with E-state index in [1.54, 1.807) is 36.1 Å². The van der Waals surface area contributed by atoms with Crippen LogP contribution < -0.4 is 14.9 Å². The van der Waals surface area contributed by atoms with Crippen LogP contribution in [0.3, 0.4) is 0 Å². The molecule has 3 rings (SSSR count). The Morgan fingerprint density at radius 3 is 2.58 bits per heavy atom. The van der Waals surface area contributed by atoms with Crippen molar-refractivity contribution in [3.63, 3.8) is 0 Å². The molecule has 1 saturated heterocycles. The number of amides is 1. The number of hydrogen-bond acceptors (Lipinski definition) is 5. The molecule has 2 N–H and O–H groups in total. The number of aryl methyl sites for hydroxylation is 1. The van der Waals surface area contributed by atoms with Crippen LogP contribution in [0.1, 0.15) is 5.56 Å². The van der Waals surface area contributed by atoms with Gasteiger partial charge in [0.15, 0.2) is 5.96 Å². The van der Waals surface area contributed by atoms with Crippen LogP contribution in [-0.4, -0.2) is 73.9 Å². The highest BCUT2D eigenvalue weighted by Gasteiger charge is 2.27. The summed E-state index contributed by atoms with van der Waals surface area (Å²) in [4.78, 5) is 20.2. The summed E-state index contributed by atoms with van der Waals surface area (Å²) in [7, 11) is -0.0202. The Balaban J connectivity index is 0.00000341. The number of rotatable bonds is 7. The number of nitrogens with one attached hydrogen (secondary N) is 2. The molecule has 1 aromatic carbocycles. The van der Waals surface area contributed by atoms with Gasteiger partial charge in [-0.2, -0.15) is 5.10 Å². The molecule has 10 nitrogen and oxygen atoms in total. The second-order valence-corrected chi connectivity index (χ2v) is 8.87. The summed E-state index contributed by atoms with van der Waals surface area (Å²) < 4.78 is 28.7. The van der Waals surface area contributed by atoms with Crippen molar-refractivity contribution in [2.45, 2.75) is 6.54 Å². The Morgan fingerprint density at radius 2 is 1.97 bits per heavy atom. The number of benzene rings is 1. The number of nitrogens with zero attached hydrogens (tertiary/aromatic N) is 5. The van der Waals surface area contributed by atoms with Crippen LogP contribution in [0.25, 0.3) is 0 Å². The van der Waals surface area contributed by atoms with Crippen molar-refractivity contribution in [1.82, 2.24) is 24.7 Å². The van der Waals surface area contributed by atoms with Gasteiger partial charge in [0.1, 0.15) is 6.54 Å². The molecule has 0 unspecified atom stereocenters. The number of aliphatic imine (C=N–C) groups is 1. The third kappa shape index (κ3) is 7.18. The fourth-order valence-electron chi connectivity index (χ4n) is 3.17. The molecule has 0 saturated carbocycles. The minimum Gasteiger partial charge on any atom is -0.355 e. The van der Waals surface area contributed by atoms with Crippen LogP contribution in [0, 0.1) is 0 Å². The molecule has 0 radical (unpaired) electrons. The molecule has 1 fully saturated rings. The van der Waals surface area contributed by atoms with E-state index in [4.69, 9.17) is 0 Å². The molecule has 2 heterocycles. The van der Waals surface area contributed by atoms with Gasteiger partial charge in [-0.25, -0.2) is 13.1 Å². The monoisotopic (exact) mass is 561 g/mol. The molecule has 170 valence electrons. The second-order valence-electron chi connectivity index (χ2n) is 6.94. The molecule has 0 aliphatic carbocycles. The fraction of sp³-hybridized carbons (Fsp3) is 0.421. The lowest BCUT2D eigenvalue weighted by Gasteiger charge is -2.35. The maximum absolute atomic E-state index is 12.5. The van der Waals surface area contributed by atoms with Gasteiger partial charge < -0.3 is 15.1 Å². The lowest BCUT2D eigenvalue weighted by atomic mass is 10.2. The van der Waals surface area contributed by atoms with Gasteiger partial charge in [-0.05, 0) is 5.56 Å². The summed E-state index contributed by atoms with van der Waals surface area (Å²) in [6.45, 7) is 1.69. The number of piperazine rings is 1. The topological polar surface area (TPSA) is 112 Å². The highest BCUT2D eigenvalue weighted by atomic mass is 127. The van der Waals surface area contributed by atoms with Crippen molar-refractivity contribution >= 4 is 51.6 Å². The smallest absolute Gasteiger partial charge is 0.246 e. The number of carbonyl (C=O) groups excluding carboxylic acids is 1. The molecular weight excluding hydrogens is 533 g/mol. The van der Waals surface area contributed by atoms with Crippen molar-refractivity contribution in [3.8, 4) is 0 Å². The van der Waals surface area contributed by atoms with Crippen LogP contribution in [0.15, 0.2) is 47.7 Å². The first-order chi connectivity index (χ1) is 14.4. The Hall–Kier alpha value is -2.19. The highest BCUT2D eigenvalue weighted by Crippen LogP contribution is 2.16.